The van der Waals surface area contributed by atoms with E-state index in [1.807, 2.05) is 0 Å². The average molecular weight is 395 g/mol. The number of rotatable bonds is 9. The molecule has 0 heterocycles. The van der Waals surface area contributed by atoms with E-state index >= 15 is 0 Å². The van der Waals surface area contributed by atoms with Crippen LogP contribution in [0, 0.1) is 17.8 Å². The van der Waals surface area contributed by atoms with Crippen LogP contribution in [0.5, 0.6) is 0 Å². The summed E-state index contributed by atoms with van der Waals surface area (Å²) in [6, 6.07) is 9.29. The molecule has 2 saturated carbocycles. The highest BCUT2D eigenvalue weighted by Gasteiger charge is 2.30. The van der Waals surface area contributed by atoms with Crippen molar-refractivity contribution >= 4 is 0 Å². The molecule has 0 aromatic heterocycles. The molecule has 0 bridgehead atoms. The first kappa shape index (κ1) is 22.3. The highest BCUT2D eigenvalue weighted by Crippen LogP contribution is 2.44. The molecule has 29 heavy (non-hydrogen) atoms. The van der Waals surface area contributed by atoms with E-state index in [1.165, 1.54) is 63.4 Å². The Balaban J connectivity index is 1.38. The summed E-state index contributed by atoms with van der Waals surface area (Å²) < 4.78 is 5.76. The highest BCUT2D eigenvalue weighted by molar-refractivity contribution is 5.25. The van der Waals surface area contributed by atoms with Crippen molar-refractivity contribution in [1.82, 2.24) is 0 Å². The van der Waals surface area contributed by atoms with Gasteiger partial charge >= 0.3 is 0 Å². The molecule has 0 saturated heterocycles. The second kappa shape index (κ2) is 12.4. The van der Waals surface area contributed by atoms with Gasteiger partial charge in [0.15, 0.2) is 0 Å². The summed E-state index contributed by atoms with van der Waals surface area (Å²) in [5, 5.41) is 0. The number of hydrogen-bond donors (Lipinski definition) is 0. The van der Waals surface area contributed by atoms with E-state index in [9.17, 15) is 0 Å². The molecule has 1 nitrogen and oxygen atoms in total. The van der Waals surface area contributed by atoms with Crippen LogP contribution in [0.4, 0.5) is 0 Å². The lowest BCUT2D eigenvalue weighted by atomic mass is 9.68. The molecule has 0 aliphatic heterocycles. The predicted molar refractivity (Wildman–Crippen MR) is 125 cm³/mol. The summed E-state index contributed by atoms with van der Waals surface area (Å²) in [4.78, 5) is 0. The van der Waals surface area contributed by atoms with E-state index in [-0.39, 0.29) is 0 Å². The Labute approximate surface area is 179 Å². The Kier molecular flexibility index (Phi) is 9.54. The first-order valence-corrected chi connectivity index (χ1v) is 12.2. The van der Waals surface area contributed by atoms with E-state index < -0.39 is 0 Å². The largest absolute Gasteiger partial charge is 0.376 e. The molecule has 2 fully saturated rings. The molecule has 2 aliphatic carbocycles. The molecule has 0 unspecified atom stereocenters. The van der Waals surface area contributed by atoms with Gasteiger partial charge in [-0.05, 0) is 113 Å². The van der Waals surface area contributed by atoms with Crippen LogP contribution in [0.2, 0.25) is 0 Å². The average Bonchev–Trinajstić information content (AvgIpc) is 2.78. The number of hydrogen-bond acceptors (Lipinski definition) is 1. The van der Waals surface area contributed by atoms with Gasteiger partial charge in [-0.1, -0.05) is 48.6 Å². The fourth-order valence-corrected chi connectivity index (χ4v) is 5.54. The Morgan fingerprint density at radius 2 is 1.41 bits per heavy atom. The van der Waals surface area contributed by atoms with Crippen molar-refractivity contribution in [3.05, 3.63) is 59.7 Å². The van der Waals surface area contributed by atoms with Gasteiger partial charge in [0.25, 0.3) is 0 Å². The first-order valence-electron chi connectivity index (χ1n) is 12.2. The van der Waals surface area contributed by atoms with Gasteiger partial charge in [0.1, 0.15) is 0 Å². The predicted octanol–water partition coefficient (Wildman–Crippen LogP) is 8.22. The van der Waals surface area contributed by atoms with Gasteiger partial charge in [-0.3, -0.25) is 0 Å². The molecule has 2 aliphatic rings. The summed E-state index contributed by atoms with van der Waals surface area (Å²) in [6.45, 7) is 5.76. The summed E-state index contributed by atoms with van der Waals surface area (Å²) in [5.74, 6) is 3.75. The monoisotopic (exact) mass is 394 g/mol. The number of benzene rings is 1. The lowest BCUT2D eigenvalue weighted by Gasteiger charge is -2.38. The third-order valence-electron chi connectivity index (χ3n) is 7.42. The Hall–Kier alpha value is -1.34. The standard InChI is InChI=1S/C28H42O/c1-3-5-7-21-29-22-24-11-15-26(16-12-24)28-19-17-27(18-20-28)25-13-9-23(10-14-25)8-6-4-2/h3-6,11-12,15-16,23,25,27-28H,7-10,13-14,17-22H2,1-2H3/b5-3+,6-4+/t23-,25-,27?,28?. The van der Waals surface area contributed by atoms with Crippen LogP contribution in [0.15, 0.2) is 48.6 Å². The number of ether oxygens (including phenoxy) is 1. The molecule has 3 rings (SSSR count). The summed E-state index contributed by atoms with van der Waals surface area (Å²) >= 11 is 0. The molecule has 0 radical (unpaired) electrons. The fourth-order valence-electron chi connectivity index (χ4n) is 5.54. The van der Waals surface area contributed by atoms with Gasteiger partial charge in [0.2, 0.25) is 0 Å². The first-order chi connectivity index (χ1) is 14.3. The van der Waals surface area contributed by atoms with Crippen molar-refractivity contribution in [3.8, 4) is 0 Å². The van der Waals surface area contributed by atoms with Gasteiger partial charge in [0, 0.05) is 0 Å². The van der Waals surface area contributed by atoms with E-state index in [1.54, 1.807) is 5.56 Å². The lowest BCUT2D eigenvalue weighted by molar-refractivity contribution is 0.125. The maximum Gasteiger partial charge on any atom is 0.0717 e. The summed E-state index contributed by atoms with van der Waals surface area (Å²) in [7, 11) is 0. The smallest absolute Gasteiger partial charge is 0.0717 e. The quantitative estimate of drug-likeness (QED) is 0.303. The molecule has 0 amide bonds. The molecule has 1 aromatic carbocycles. The SMILES string of the molecule is C/C=C/CCOCc1ccc(C2CCC([C@H]3CC[C@H](C/C=C/C)CC3)CC2)cc1. The third-order valence-corrected chi connectivity index (χ3v) is 7.42. The minimum Gasteiger partial charge on any atom is -0.376 e. The minimum absolute atomic E-state index is 0.737. The summed E-state index contributed by atoms with van der Waals surface area (Å²) in [6.07, 6.45) is 22.7. The van der Waals surface area contributed by atoms with Gasteiger partial charge in [-0.25, -0.2) is 0 Å². The zero-order valence-corrected chi connectivity index (χ0v) is 18.8. The zero-order valence-electron chi connectivity index (χ0n) is 18.8. The Morgan fingerprint density at radius 1 is 0.793 bits per heavy atom. The van der Waals surface area contributed by atoms with Crippen molar-refractivity contribution < 1.29 is 4.74 Å². The topological polar surface area (TPSA) is 9.23 Å². The maximum absolute atomic E-state index is 5.76. The fraction of sp³-hybridized carbons (Fsp3) is 0.643. The van der Waals surface area contributed by atoms with E-state index in [0.717, 1.165) is 43.3 Å². The van der Waals surface area contributed by atoms with Gasteiger partial charge in [-0.2, -0.15) is 0 Å². The van der Waals surface area contributed by atoms with E-state index in [0.29, 0.717) is 0 Å². The molecular formula is C28H42O. The molecule has 160 valence electrons. The summed E-state index contributed by atoms with van der Waals surface area (Å²) in [5.41, 5.74) is 2.86. The van der Waals surface area contributed by atoms with Gasteiger partial charge in [-0.15, -0.1) is 0 Å². The van der Waals surface area contributed by atoms with Gasteiger partial charge in [0.05, 0.1) is 13.2 Å². The normalized spacial score (nSPS) is 28.3. The van der Waals surface area contributed by atoms with Crippen LogP contribution in [0.3, 0.4) is 0 Å². The van der Waals surface area contributed by atoms with Crippen LogP contribution in [-0.2, 0) is 11.3 Å². The molecule has 0 atom stereocenters. The third kappa shape index (κ3) is 7.14. The van der Waals surface area contributed by atoms with Crippen molar-refractivity contribution in [1.29, 1.82) is 0 Å². The molecular weight excluding hydrogens is 352 g/mol. The van der Waals surface area contributed by atoms with E-state index in [4.69, 9.17) is 4.74 Å². The van der Waals surface area contributed by atoms with Crippen LogP contribution in [-0.4, -0.2) is 6.61 Å². The minimum atomic E-state index is 0.737. The van der Waals surface area contributed by atoms with Crippen molar-refractivity contribution in [2.24, 2.45) is 17.8 Å². The highest BCUT2D eigenvalue weighted by atomic mass is 16.5. The van der Waals surface area contributed by atoms with Gasteiger partial charge < -0.3 is 4.74 Å². The maximum atomic E-state index is 5.76. The van der Waals surface area contributed by atoms with Crippen molar-refractivity contribution in [2.45, 2.75) is 90.6 Å². The molecule has 1 aromatic rings. The molecule has 1 heteroatoms. The van der Waals surface area contributed by atoms with Crippen LogP contribution >= 0.6 is 0 Å². The van der Waals surface area contributed by atoms with E-state index in [2.05, 4.69) is 62.4 Å². The number of allylic oxidation sites excluding steroid dienone is 3. The van der Waals surface area contributed by atoms with Crippen LogP contribution < -0.4 is 0 Å². The second-order valence-electron chi connectivity index (χ2n) is 9.35. The van der Waals surface area contributed by atoms with Crippen molar-refractivity contribution in [2.75, 3.05) is 6.61 Å². The molecule has 0 spiro atoms. The molecule has 0 N–H and O–H groups in total. The Morgan fingerprint density at radius 3 is 2.03 bits per heavy atom. The van der Waals surface area contributed by atoms with Crippen LogP contribution in [0.25, 0.3) is 0 Å². The van der Waals surface area contributed by atoms with Crippen LogP contribution in [0.1, 0.15) is 95.1 Å². The zero-order chi connectivity index (χ0) is 20.3. The second-order valence-corrected chi connectivity index (χ2v) is 9.35. The van der Waals surface area contributed by atoms with Crippen molar-refractivity contribution in [3.63, 3.8) is 0 Å². The Bertz CT molecular complexity index is 610. The lowest BCUT2D eigenvalue weighted by Crippen LogP contribution is -2.25.